The predicted octanol–water partition coefficient (Wildman–Crippen LogP) is 1.46. The Morgan fingerprint density at radius 2 is 1.58 bits per heavy atom. The van der Waals surface area contributed by atoms with Crippen molar-refractivity contribution >= 4 is 11.9 Å². The molecule has 1 rings (SSSR count). The molecule has 0 amide bonds. The molecule has 19 heavy (non-hydrogen) atoms. The van der Waals surface area contributed by atoms with Crippen molar-refractivity contribution in [1.82, 2.24) is 4.90 Å². The first-order valence-electron chi connectivity index (χ1n) is 7.06. The van der Waals surface area contributed by atoms with Gasteiger partial charge in [-0.05, 0) is 20.0 Å². The summed E-state index contributed by atoms with van der Waals surface area (Å²) >= 11 is 0. The molecule has 0 aromatic carbocycles. The normalized spacial score (nSPS) is 23.9. The average Bonchev–Trinajstić information content (AvgIpc) is 2.43. The average molecular weight is 271 g/mol. The number of hydrogen-bond acceptors (Lipinski definition) is 5. The number of rotatable bonds is 6. The van der Waals surface area contributed by atoms with E-state index in [1.165, 1.54) is 0 Å². The minimum absolute atomic E-state index is 0.164. The van der Waals surface area contributed by atoms with E-state index in [2.05, 4.69) is 11.9 Å². The maximum absolute atomic E-state index is 11.2. The number of hydrogen-bond donors (Lipinski definition) is 0. The van der Waals surface area contributed by atoms with Gasteiger partial charge in [-0.1, -0.05) is 13.8 Å². The van der Waals surface area contributed by atoms with Crippen molar-refractivity contribution in [2.75, 3.05) is 33.4 Å². The highest BCUT2D eigenvalue weighted by atomic mass is 16.5. The Bertz CT molecular complexity index is 306. The van der Waals surface area contributed by atoms with E-state index < -0.39 is 0 Å². The zero-order valence-electron chi connectivity index (χ0n) is 12.2. The van der Waals surface area contributed by atoms with Crippen LogP contribution >= 0.6 is 0 Å². The van der Waals surface area contributed by atoms with Gasteiger partial charge < -0.3 is 14.4 Å². The van der Waals surface area contributed by atoms with Crippen LogP contribution in [0, 0.1) is 11.8 Å². The molecular formula is C14H25NO4. The SMILES string of the molecule is CCC(=O)OCC1CCN(C)CC1COC(=O)CC. The monoisotopic (exact) mass is 271 g/mol. The number of likely N-dealkylation sites (tertiary alicyclic amines) is 1. The molecule has 2 unspecified atom stereocenters. The van der Waals surface area contributed by atoms with E-state index >= 15 is 0 Å². The second-order valence-electron chi connectivity index (χ2n) is 5.14. The van der Waals surface area contributed by atoms with Crippen LogP contribution in [-0.2, 0) is 19.1 Å². The van der Waals surface area contributed by atoms with E-state index in [1.54, 1.807) is 13.8 Å². The van der Waals surface area contributed by atoms with Gasteiger partial charge >= 0.3 is 11.9 Å². The molecule has 0 aliphatic carbocycles. The topological polar surface area (TPSA) is 55.8 Å². The Hall–Kier alpha value is -1.10. The Labute approximate surface area is 115 Å². The highest BCUT2D eigenvalue weighted by molar-refractivity contribution is 5.69. The van der Waals surface area contributed by atoms with Crippen molar-refractivity contribution in [1.29, 1.82) is 0 Å². The van der Waals surface area contributed by atoms with Gasteiger partial charge in [-0.3, -0.25) is 9.59 Å². The molecule has 0 spiro atoms. The number of carbonyl (C=O) groups excluding carboxylic acids is 2. The molecule has 0 saturated carbocycles. The molecule has 0 N–H and O–H groups in total. The second kappa shape index (κ2) is 8.15. The molecule has 1 saturated heterocycles. The molecule has 0 bridgehead atoms. The van der Waals surface area contributed by atoms with Crippen LogP contribution < -0.4 is 0 Å². The molecule has 5 nitrogen and oxygen atoms in total. The number of piperidine rings is 1. The molecule has 1 fully saturated rings. The number of ether oxygens (including phenoxy) is 2. The first-order valence-corrected chi connectivity index (χ1v) is 7.06. The summed E-state index contributed by atoms with van der Waals surface area (Å²) in [4.78, 5) is 24.7. The molecule has 2 atom stereocenters. The lowest BCUT2D eigenvalue weighted by Gasteiger charge is -2.36. The van der Waals surface area contributed by atoms with Gasteiger partial charge in [0.1, 0.15) is 0 Å². The lowest BCUT2D eigenvalue weighted by Crippen LogP contribution is -2.42. The van der Waals surface area contributed by atoms with Gasteiger partial charge in [0.05, 0.1) is 13.2 Å². The van der Waals surface area contributed by atoms with Gasteiger partial charge in [0.25, 0.3) is 0 Å². The van der Waals surface area contributed by atoms with Crippen molar-refractivity contribution in [2.45, 2.75) is 33.1 Å². The highest BCUT2D eigenvalue weighted by Crippen LogP contribution is 2.24. The third kappa shape index (κ3) is 5.59. The molecule has 1 aliphatic rings. The van der Waals surface area contributed by atoms with E-state index in [9.17, 15) is 9.59 Å². The van der Waals surface area contributed by atoms with E-state index in [-0.39, 0.29) is 23.8 Å². The standard InChI is InChI=1S/C14H25NO4/c1-4-13(16)18-9-11-6-7-15(3)8-12(11)10-19-14(17)5-2/h11-12H,4-10H2,1-3H3. The molecule has 0 aromatic rings. The summed E-state index contributed by atoms with van der Waals surface area (Å²) in [5, 5.41) is 0. The van der Waals surface area contributed by atoms with Crippen LogP contribution in [0.25, 0.3) is 0 Å². The summed E-state index contributed by atoms with van der Waals surface area (Å²) in [6.07, 6.45) is 1.78. The van der Waals surface area contributed by atoms with Crippen LogP contribution in [0.1, 0.15) is 33.1 Å². The minimum atomic E-state index is -0.169. The van der Waals surface area contributed by atoms with Crippen LogP contribution in [-0.4, -0.2) is 50.2 Å². The summed E-state index contributed by atoms with van der Waals surface area (Å²) in [6, 6.07) is 0. The highest BCUT2D eigenvalue weighted by Gasteiger charge is 2.29. The van der Waals surface area contributed by atoms with Gasteiger partial charge in [-0.25, -0.2) is 0 Å². The molecule has 0 aromatic heterocycles. The van der Waals surface area contributed by atoms with Crippen molar-refractivity contribution in [3.05, 3.63) is 0 Å². The van der Waals surface area contributed by atoms with E-state index in [4.69, 9.17) is 9.47 Å². The largest absolute Gasteiger partial charge is 0.465 e. The lowest BCUT2D eigenvalue weighted by molar-refractivity contribution is -0.150. The number of nitrogens with zero attached hydrogens (tertiary/aromatic N) is 1. The van der Waals surface area contributed by atoms with E-state index in [0.29, 0.717) is 26.1 Å². The summed E-state index contributed by atoms with van der Waals surface area (Å²) in [5.74, 6) is 0.205. The Morgan fingerprint density at radius 3 is 2.11 bits per heavy atom. The van der Waals surface area contributed by atoms with Crippen LogP contribution in [0.2, 0.25) is 0 Å². The zero-order valence-corrected chi connectivity index (χ0v) is 12.2. The van der Waals surface area contributed by atoms with Crippen LogP contribution in [0.15, 0.2) is 0 Å². The molecule has 5 heteroatoms. The first kappa shape index (κ1) is 16.0. The van der Waals surface area contributed by atoms with Crippen LogP contribution in [0.3, 0.4) is 0 Å². The fraction of sp³-hybridized carbons (Fsp3) is 0.857. The number of carbonyl (C=O) groups is 2. The predicted molar refractivity (Wildman–Crippen MR) is 71.6 cm³/mol. The maximum atomic E-state index is 11.2. The fourth-order valence-corrected chi connectivity index (χ4v) is 2.27. The second-order valence-corrected chi connectivity index (χ2v) is 5.14. The van der Waals surface area contributed by atoms with E-state index in [1.807, 2.05) is 0 Å². The summed E-state index contributed by atoms with van der Waals surface area (Å²) < 4.78 is 10.5. The maximum Gasteiger partial charge on any atom is 0.305 e. The Morgan fingerprint density at radius 1 is 1.05 bits per heavy atom. The van der Waals surface area contributed by atoms with Crippen molar-refractivity contribution in [3.63, 3.8) is 0 Å². The summed E-state index contributed by atoms with van der Waals surface area (Å²) in [7, 11) is 2.06. The molecule has 1 aliphatic heterocycles. The molecule has 110 valence electrons. The lowest BCUT2D eigenvalue weighted by atomic mass is 9.87. The summed E-state index contributed by atoms with van der Waals surface area (Å²) in [5.41, 5.74) is 0. The molecular weight excluding hydrogens is 246 g/mol. The number of esters is 2. The van der Waals surface area contributed by atoms with Gasteiger partial charge in [0.2, 0.25) is 0 Å². The van der Waals surface area contributed by atoms with Crippen LogP contribution in [0.5, 0.6) is 0 Å². The zero-order chi connectivity index (χ0) is 14.3. The van der Waals surface area contributed by atoms with Crippen molar-refractivity contribution < 1.29 is 19.1 Å². The minimum Gasteiger partial charge on any atom is -0.465 e. The van der Waals surface area contributed by atoms with Crippen molar-refractivity contribution in [3.8, 4) is 0 Å². The smallest absolute Gasteiger partial charge is 0.305 e. The van der Waals surface area contributed by atoms with Gasteiger partial charge in [0, 0.05) is 31.2 Å². The van der Waals surface area contributed by atoms with Crippen LogP contribution in [0.4, 0.5) is 0 Å². The quantitative estimate of drug-likeness (QED) is 0.685. The van der Waals surface area contributed by atoms with Gasteiger partial charge in [-0.15, -0.1) is 0 Å². The molecule has 1 heterocycles. The van der Waals surface area contributed by atoms with E-state index in [0.717, 1.165) is 19.5 Å². The Balaban J connectivity index is 2.45. The van der Waals surface area contributed by atoms with Crippen molar-refractivity contribution in [2.24, 2.45) is 11.8 Å². The Kier molecular flexibility index (Phi) is 6.84. The third-order valence-corrected chi connectivity index (χ3v) is 3.59. The first-order chi connectivity index (χ1) is 9.06. The van der Waals surface area contributed by atoms with Gasteiger partial charge in [-0.2, -0.15) is 0 Å². The summed E-state index contributed by atoms with van der Waals surface area (Å²) in [6.45, 7) is 6.31. The van der Waals surface area contributed by atoms with Gasteiger partial charge in [0.15, 0.2) is 0 Å². The molecule has 0 radical (unpaired) electrons. The third-order valence-electron chi connectivity index (χ3n) is 3.59. The fourth-order valence-electron chi connectivity index (χ4n) is 2.27.